The molecule has 2 aromatic heterocycles. The van der Waals surface area contributed by atoms with Crippen molar-refractivity contribution < 1.29 is 13.9 Å². The average molecular weight is 462 g/mol. The summed E-state index contributed by atoms with van der Waals surface area (Å²) in [5.41, 5.74) is 1.58. The van der Waals surface area contributed by atoms with Gasteiger partial charge >= 0.3 is 0 Å². The molecule has 1 fully saturated rings. The highest BCUT2D eigenvalue weighted by atomic mass is 79.9. The SMILES string of the molecule is OCCN1C(=S)N[C@H](c2ccccn2)[C@@H]1c1ccc(-c2ccc(F)cc2Br)o1. The van der Waals surface area contributed by atoms with Crippen LogP contribution in [-0.4, -0.2) is 33.3 Å². The Hall–Kier alpha value is -2.29. The number of hydrogen-bond donors (Lipinski definition) is 2. The summed E-state index contributed by atoms with van der Waals surface area (Å²) in [4.78, 5) is 6.35. The van der Waals surface area contributed by atoms with Gasteiger partial charge in [0.25, 0.3) is 0 Å². The lowest BCUT2D eigenvalue weighted by Gasteiger charge is -2.25. The maximum atomic E-state index is 13.4. The van der Waals surface area contributed by atoms with Crippen LogP contribution in [0.4, 0.5) is 4.39 Å². The van der Waals surface area contributed by atoms with Crippen LogP contribution >= 0.6 is 28.1 Å². The monoisotopic (exact) mass is 461 g/mol. The van der Waals surface area contributed by atoms with Crippen LogP contribution in [0.15, 0.2) is 63.6 Å². The number of aliphatic hydroxyl groups excluding tert-OH is 1. The molecule has 1 aliphatic heterocycles. The zero-order chi connectivity index (χ0) is 19.7. The zero-order valence-electron chi connectivity index (χ0n) is 14.7. The lowest BCUT2D eigenvalue weighted by Crippen LogP contribution is -2.32. The fraction of sp³-hybridized carbons (Fsp3) is 0.200. The molecule has 2 atom stereocenters. The van der Waals surface area contributed by atoms with Gasteiger partial charge in [0, 0.05) is 22.8 Å². The van der Waals surface area contributed by atoms with Gasteiger partial charge in [-0.2, -0.15) is 0 Å². The van der Waals surface area contributed by atoms with Gasteiger partial charge in [0.1, 0.15) is 23.4 Å². The van der Waals surface area contributed by atoms with Crippen LogP contribution in [0.1, 0.15) is 23.5 Å². The number of nitrogens with one attached hydrogen (secondary N) is 1. The Kier molecular flexibility index (Phi) is 5.43. The number of halogens is 2. The van der Waals surface area contributed by atoms with Gasteiger partial charge in [0.15, 0.2) is 5.11 Å². The van der Waals surface area contributed by atoms with Crippen LogP contribution in [0.25, 0.3) is 11.3 Å². The van der Waals surface area contributed by atoms with Gasteiger partial charge in [-0.1, -0.05) is 6.07 Å². The molecule has 3 aromatic rings. The number of aromatic nitrogens is 1. The molecule has 1 saturated heterocycles. The van der Waals surface area contributed by atoms with Crippen molar-refractivity contribution in [3.8, 4) is 11.3 Å². The highest BCUT2D eigenvalue weighted by Gasteiger charge is 2.41. The molecular formula is C20H17BrFN3O2S. The molecule has 0 aliphatic carbocycles. The predicted molar refractivity (Wildman–Crippen MR) is 111 cm³/mol. The van der Waals surface area contributed by atoms with Crippen molar-refractivity contribution in [2.24, 2.45) is 0 Å². The summed E-state index contributed by atoms with van der Waals surface area (Å²) in [6.07, 6.45) is 1.73. The van der Waals surface area contributed by atoms with Gasteiger partial charge in [-0.15, -0.1) is 0 Å². The highest BCUT2D eigenvalue weighted by Crippen LogP contribution is 2.41. The molecule has 1 aromatic carbocycles. The van der Waals surface area contributed by atoms with Crippen molar-refractivity contribution in [2.75, 3.05) is 13.2 Å². The van der Waals surface area contributed by atoms with E-state index in [1.165, 1.54) is 12.1 Å². The number of furan rings is 1. The van der Waals surface area contributed by atoms with Gasteiger partial charge in [-0.3, -0.25) is 4.98 Å². The Morgan fingerprint density at radius 1 is 1.25 bits per heavy atom. The van der Waals surface area contributed by atoms with Crippen molar-refractivity contribution in [3.05, 3.63) is 76.5 Å². The highest BCUT2D eigenvalue weighted by molar-refractivity contribution is 9.10. The van der Waals surface area contributed by atoms with Gasteiger partial charge in [0.2, 0.25) is 0 Å². The molecule has 2 N–H and O–H groups in total. The van der Waals surface area contributed by atoms with Gasteiger partial charge in [-0.25, -0.2) is 4.39 Å². The fourth-order valence-electron chi connectivity index (χ4n) is 3.41. The third-order valence-electron chi connectivity index (χ3n) is 4.65. The van der Waals surface area contributed by atoms with E-state index in [4.69, 9.17) is 16.6 Å². The topological polar surface area (TPSA) is 61.5 Å². The zero-order valence-corrected chi connectivity index (χ0v) is 17.1. The number of aliphatic hydroxyl groups is 1. The van der Waals surface area contributed by atoms with E-state index in [2.05, 4.69) is 26.2 Å². The van der Waals surface area contributed by atoms with E-state index in [-0.39, 0.29) is 24.5 Å². The number of nitrogens with zero attached hydrogens (tertiary/aromatic N) is 2. The van der Waals surface area contributed by atoms with E-state index in [0.29, 0.717) is 27.7 Å². The largest absolute Gasteiger partial charge is 0.459 e. The van der Waals surface area contributed by atoms with E-state index in [1.807, 2.05) is 35.2 Å². The molecule has 144 valence electrons. The minimum Gasteiger partial charge on any atom is -0.459 e. The van der Waals surface area contributed by atoms with E-state index in [9.17, 15) is 9.50 Å². The van der Waals surface area contributed by atoms with Gasteiger partial charge in [0.05, 0.1) is 18.3 Å². The number of hydrogen-bond acceptors (Lipinski definition) is 4. The van der Waals surface area contributed by atoms with Crippen molar-refractivity contribution in [3.63, 3.8) is 0 Å². The van der Waals surface area contributed by atoms with Crippen LogP contribution in [0, 0.1) is 5.82 Å². The van der Waals surface area contributed by atoms with E-state index in [1.54, 1.807) is 12.3 Å². The molecule has 5 nitrogen and oxygen atoms in total. The first-order valence-electron chi connectivity index (χ1n) is 8.72. The van der Waals surface area contributed by atoms with Crippen LogP contribution in [0.2, 0.25) is 0 Å². The Bertz CT molecular complexity index is 998. The van der Waals surface area contributed by atoms with Crippen molar-refractivity contribution >= 4 is 33.3 Å². The second-order valence-electron chi connectivity index (χ2n) is 6.37. The number of thiocarbonyl (C=S) groups is 1. The first-order chi connectivity index (χ1) is 13.6. The Morgan fingerprint density at radius 2 is 2.11 bits per heavy atom. The standard InChI is InChI=1S/C20H17BrFN3O2S/c21-14-11-12(22)4-5-13(14)16-6-7-17(27-16)19-18(15-3-1-2-8-23-15)24-20(28)25(19)9-10-26/h1-8,11,18-19,26H,9-10H2,(H,24,28)/t18-,19+/m1/s1. The maximum Gasteiger partial charge on any atom is 0.170 e. The van der Waals surface area contributed by atoms with Gasteiger partial charge in [-0.05, 0) is 70.6 Å². The molecule has 0 unspecified atom stereocenters. The summed E-state index contributed by atoms with van der Waals surface area (Å²) in [5.74, 6) is 0.975. The summed E-state index contributed by atoms with van der Waals surface area (Å²) >= 11 is 8.87. The molecule has 1 aliphatic rings. The second-order valence-corrected chi connectivity index (χ2v) is 7.61. The molecule has 0 bridgehead atoms. The van der Waals surface area contributed by atoms with Gasteiger partial charge < -0.3 is 19.7 Å². The summed E-state index contributed by atoms with van der Waals surface area (Å²) in [5, 5.41) is 13.3. The van der Waals surface area contributed by atoms with Crippen molar-refractivity contribution in [2.45, 2.75) is 12.1 Å². The molecule has 4 rings (SSSR count). The summed E-state index contributed by atoms with van der Waals surface area (Å²) in [6, 6.07) is 13.4. The fourth-order valence-corrected chi connectivity index (χ4v) is 4.29. The summed E-state index contributed by atoms with van der Waals surface area (Å²) in [7, 11) is 0. The first-order valence-corrected chi connectivity index (χ1v) is 9.92. The van der Waals surface area contributed by atoms with E-state index in [0.717, 1.165) is 11.3 Å². The molecule has 0 radical (unpaired) electrons. The minimum absolute atomic E-state index is 0.0374. The normalized spacial score (nSPS) is 19.1. The Labute approximate surface area is 175 Å². The number of β-amino-alcohol motifs (C(OH)–C–C–N with tert-alkyl or cyclic N) is 1. The van der Waals surface area contributed by atoms with E-state index < -0.39 is 0 Å². The molecule has 0 amide bonds. The number of pyridine rings is 1. The smallest absolute Gasteiger partial charge is 0.170 e. The second kappa shape index (κ2) is 7.98. The van der Waals surface area contributed by atoms with Crippen LogP contribution in [0.3, 0.4) is 0 Å². The minimum atomic E-state index is -0.322. The van der Waals surface area contributed by atoms with Crippen molar-refractivity contribution in [1.29, 1.82) is 0 Å². The summed E-state index contributed by atoms with van der Waals surface area (Å²) < 4.78 is 20.2. The molecular weight excluding hydrogens is 445 g/mol. The lowest BCUT2D eigenvalue weighted by molar-refractivity contribution is 0.209. The molecule has 28 heavy (non-hydrogen) atoms. The molecule has 3 heterocycles. The van der Waals surface area contributed by atoms with Crippen LogP contribution in [-0.2, 0) is 0 Å². The molecule has 0 saturated carbocycles. The first kappa shape index (κ1) is 19.0. The number of rotatable bonds is 5. The third-order valence-corrected chi connectivity index (χ3v) is 5.66. The molecule has 0 spiro atoms. The summed E-state index contributed by atoms with van der Waals surface area (Å²) in [6.45, 7) is 0.334. The van der Waals surface area contributed by atoms with Crippen LogP contribution < -0.4 is 5.32 Å². The molecule has 8 heteroatoms. The Balaban J connectivity index is 1.73. The predicted octanol–water partition coefficient (Wildman–Crippen LogP) is 4.21. The third kappa shape index (κ3) is 3.55. The number of benzene rings is 1. The average Bonchev–Trinajstić information content (AvgIpc) is 3.28. The quantitative estimate of drug-likeness (QED) is 0.555. The maximum absolute atomic E-state index is 13.4. The Morgan fingerprint density at radius 3 is 2.82 bits per heavy atom. The van der Waals surface area contributed by atoms with Crippen LogP contribution in [0.5, 0.6) is 0 Å². The van der Waals surface area contributed by atoms with Crippen molar-refractivity contribution in [1.82, 2.24) is 15.2 Å². The lowest BCUT2D eigenvalue weighted by atomic mass is 10.0. The van der Waals surface area contributed by atoms with E-state index >= 15 is 0 Å².